The first-order valence-electron chi connectivity index (χ1n) is 11.7. The second kappa shape index (κ2) is 11.6. The molecule has 15 heteroatoms. The molecule has 1 saturated heterocycles. The number of carboxylic acids is 1. The summed E-state index contributed by atoms with van der Waals surface area (Å²) in [5, 5.41) is 20.6. The summed E-state index contributed by atoms with van der Waals surface area (Å²) in [6.45, 7) is 2.47. The zero-order valence-corrected chi connectivity index (χ0v) is 23.0. The van der Waals surface area contributed by atoms with Crippen LogP contribution in [0.25, 0.3) is 21.6 Å². The van der Waals surface area contributed by atoms with E-state index in [1.807, 2.05) is 30.5 Å². The van der Waals surface area contributed by atoms with Crippen LogP contribution in [-0.4, -0.2) is 71.9 Å². The van der Waals surface area contributed by atoms with E-state index in [2.05, 4.69) is 14.9 Å². The first kappa shape index (κ1) is 29.0. The third-order valence-electron chi connectivity index (χ3n) is 5.97. The largest absolute Gasteiger partial charge is 0.490 e. The number of anilines is 1. The van der Waals surface area contributed by atoms with Crippen molar-refractivity contribution in [3.8, 4) is 10.7 Å². The molecule has 9 nitrogen and oxygen atoms in total. The maximum Gasteiger partial charge on any atom is 0.490 e. The third-order valence-corrected chi connectivity index (χ3v) is 10.1. The number of likely N-dealkylation sites (tertiary alicyclic amines) is 1. The number of aromatic nitrogens is 2. The number of para-hydroxylation sites is 1. The number of rotatable bonds is 6. The number of aliphatic hydroxyl groups excluding tert-OH is 1. The zero-order chi connectivity index (χ0) is 28.4. The number of aromatic amines is 1. The summed E-state index contributed by atoms with van der Waals surface area (Å²) in [5.41, 5.74) is 2.23. The second-order valence-corrected chi connectivity index (χ2v) is 13.1. The molecule has 3 aromatic heterocycles. The Kier molecular flexibility index (Phi) is 8.66. The summed E-state index contributed by atoms with van der Waals surface area (Å²) < 4.78 is 59.4. The van der Waals surface area contributed by atoms with Gasteiger partial charge in [0.05, 0.1) is 23.0 Å². The number of nitrogens with zero attached hydrogens (tertiary/aromatic N) is 3. The molecule has 4 heterocycles. The number of nitrogens with one attached hydrogen (secondary N) is 1. The molecule has 0 bridgehead atoms. The van der Waals surface area contributed by atoms with Gasteiger partial charge in [-0.25, -0.2) is 18.2 Å². The number of aliphatic carboxylic acids is 1. The normalized spacial score (nSPS) is 16.6. The Labute approximate surface area is 230 Å². The van der Waals surface area contributed by atoms with E-state index < -0.39 is 22.2 Å². The molecule has 39 heavy (non-hydrogen) atoms. The SMILES string of the molecule is CN(c1cccc2cc(-c3ncc(CN4CCCC(O)C4)s3)[nH]c12)S(=O)(=O)c1cccs1.O=C(O)C(F)(F)F. The van der Waals surface area contributed by atoms with Crippen LogP contribution in [0.3, 0.4) is 0 Å². The maximum absolute atomic E-state index is 13.0. The molecule has 0 radical (unpaired) electrons. The molecule has 1 aromatic carbocycles. The summed E-state index contributed by atoms with van der Waals surface area (Å²) in [5.74, 6) is -2.76. The van der Waals surface area contributed by atoms with Crippen molar-refractivity contribution >= 4 is 55.3 Å². The van der Waals surface area contributed by atoms with Gasteiger partial charge in [-0.15, -0.1) is 22.7 Å². The van der Waals surface area contributed by atoms with Crippen LogP contribution in [0, 0.1) is 0 Å². The molecule has 0 aliphatic carbocycles. The number of halogens is 3. The lowest BCUT2D eigenvalue weighted by molar-refractivity contribution is -0.192. The van der Waals surface area contributed by atoms with Crippen molar-refractivity contribution in [3.05, 3.63) is 52.9 Å². The molecule has 1 atom stereocenters. The molecule has 210 valence electrons. The van der Waals surface area contributed by atoms with Crippen molar-refractivity contribution in [2.75, 3.05) is 24.4 Å². The van der Waals surface area contributed by atoms with E-state index in [0.29, 0.717) is 16.4 Å². The van der Waals surface area contributed by atoms with Gasteiger partial charge >= 0.3 is 12.1 Å². The molecule has 1 unspecified atom stereocenters. The highest BCUT2D eigenvalue weighted by molar-refractivity contribution is 7.94. The van der Waals surface area contributed by atoms with Gasteiger partial charge in [0, 0.05) is 36.6 Å². The van der Waals surface area contributed by atoms with Gasteiger partial charge in [0.25, 0.3) is 10.0 Å². The van der Waals surface area contributed by atoms with Gasteiger partial charge in [0.15, 0.2) is 0 Å². The Hall–Kier alpha value is -2.98. The first-order valence-corrected chi connectivity index (χ1v) is 14.8. The number of hydrogen-bond acceptors (Lipinski definition) is 8. The highest BCUT2D eigenvalue weighted by Crippen LogP contribution is 2.35. The van der Waals surface area contributed by atoms with Crippen LogP contribution in [-0.2, 0) is 21.4 Å². The number of H-pyrrole nitrogens is 1. The van der Waals surface area contributed by atoms with Crippen LogP contribution in [0.5, 0.6) is 0 Å². The number of hydrogen-bond donors (Lipinski definition) is 3. The Morgan fingerprint density at radius 2 is 2.03 bits per heavy atom. The lowest BCUT2D eigenvalue weighted by Gasteiger charge is -2.29. The Bertz CT molecular complexity index is 1530. The van der Waals surface area contributed by atoms with Gasteiger partial charge < -0.3 is 15.2 Å². The van der Waals surface area contributed by atoms with Crippen molar-refractivity contribution in [2.45, 2.75) is 35.9 Å². The molecular formula is C24H25F3N4O5S3. The van der Waals surface area contributed by atoms with Crippen LogP contribution in [0.15, 0.2) is 52.2 Å². The number of benzene rings is 1. The zero-order valence-electron chi connectivity index (χ0n) is 20.6. The van der Waals surface area contributed by atoms with Gasteiger partial charge in [0.1, 0.15) is 9.22 Å². The van der Waals surface area contributed by atoms with Gasteiger partial charge in [-0.2, -0.15) is 13.2 Å². The van der Waals surface area contributed by atoms with Crippen molar-refractivity contribution in [1.82, 2.24) is 14.9 Å². The fourth-order valence-corrected chi connectivity index (χ4v) is 7.39. The molecule has 5 rings (SSSR count). The molecule has 3 N–H and O–H groups in total. The number of carboxylic acid groups (broad SMARTS) is 1. The summed E-state index contributed by atoms with van der Waals surface area (Å²) in [6, 6.07) is 11.0. The van der Waals surface area contributed by atoms with Crippen molar-refractivity contribution in [2.24, 2.45) is 0 Å². The van der Waals surface area contributed by atoms with E-state index in [0.717, 1.165) is 52.4 Å². The van der Waals surface area contributed by atoms with Gasteiger partial charge in [-0.1, -0.05) is 18.2 Å². The number of carbonyl (C=O) groups is 1. The Balaban J connectivity index is 0.000000448. The van der Waals surface area contributed by atoms with Gasteiger partial charge in [-0.3, -0.25) is 9.21 Å². The number of fused-ring (bicyclic) bond motifs is 1. The number of piperidine rings is 1. The summed E-state index contributed by atoms with van der Waals surface area (Å²) in [4.78, 5) is 20.3. The van der Waals surface area contributed by atoms with Gasteiger partial charge in [-0.05, 0) is 43.0 Å². The molecule has 1 aliphatic heterocycles. The minimum atomic E-state index is -5.08. The van der Waals surface area contributed by atoms with Crippen LogP contribution >= 0.6 is 22.7 Å². The third kappa shape index (κ3) is 6.78. The number of β-amino-alcohol motifs (C(OH)–C–C–N with tert-alkyl or cyclic N) is 1. The molecule has 0 spiro atoms. The molecule has 1 fully saturated rings. The van der Waals surface area contributed by atoms with E-state index in [-0.39, 0.29) is 6.10 Å². The lowest BCUT2D eigenvalue weighted by atomic mass is 10.1. The fourth-order valence-electron chi connectivity index (χ4n) is 4.09. The molecular weight excluding hydrogens is 577 g/mol. The minimum Gasteiger partial charge on any atom is -0.475 e. The standard InChI is InChI=1S/C22H24N4O3S3.C2HF3O2/c1-25(32(28,29)20-8-4-10-30-20)19-7-2-5-15-11-18(24-21(15)19)22-23-12-17(31-22)14-26-9-3-6-16(27)13-26;3-2(4,5)1(6)7/h2,4-5,7-8,10-12,16,24,27H,3,6,9,13-14H2,1H3;(H,6,7). The Morgan fingerprint density at radius 3 is 2.67 bits per heavy atom. The number of alkyl halides is 3. The Morgan fingerprint density at radius 1 is 1.28 bits per heavy atom. The summed E-state index contributed by atoms with van der Waals surface area (Å²) in [7, 11) is -2.04. The van der Waals surface area contributed by atoms with Crippen molar-refractivity contribution in [1.29, 1.82) is 0 Å². The summed E-state index contributed by atoms with van der Waals surface area (Å²) in [6.07, 6.45) is -1.55. The molecule has 4 aromatic rings. The number of aliphatic hydroxyl groups is 1. The van der Waals surface area contributed by atoms with Crippen LogP contribution < -0.4 is 4.31 Å². The van der Waals surface area contributed by atoms with E-state index in [4.69, 9.17) is 9.90 Å². The number of thiophene rings is 1. The summed E-state index contributed by atoms with van der Waals surface area (Å²) >= 11 is 2.83. The first-order chi connectivity index (χ1) is 18.4. The monoisotopic (exact) mass is 602 g/mol. The maximum atomic E-state index is 13.0. The smallest absolute Gasteiger partial charge is 0.475 e. The number of sulfonamides is 1. The van der Waals surface area contributed by atoms with Crippen molar-refractivity contribution < 1.29 is 36.6 Å². The number of thiazole rings is 1. The quantitative estimate of drug-likeness (QED) is 0.290. The van der Waals surface area contributed by atoms with E-state index in [9.17, 15) is 26.7 Å². The highest BCUT2D eigenvalue weighted by Gasteiger charge is 2.38. The fraction of sp³-hybridized carbons (Fsp3) is 0.333. The van der Waals surface area contributed by atoms with E-state index in [1.54, 1.807) is 35.9 Å². The second-order valence-electron chi connectivity index (χ2n) is 8.79. The van der Waals surface area contributed by atoms with E-state index in [1.165, 1.54) is 15.6 Å². The van der Waals surface area contributed by atoms with Crippen LogP contribution in [0.4, 0.5) is 18.9 Å². The topological polar surface area (TPSA) is 127 Å². The van der Waals surface area contributed by atoms with Crippen molar-refractivity contribution in [3.63, 3.8) is 0 Å². The predicted octanol–water partition coefficient (Wildman–Crippen LogP) is 4.77. The molecule has 1 aliphatic rings. The van der Waals surface area contributed by atoms with Crippen LogP contribution in [0.2, 0.25) is 0 Å². The molecule has 0 saturated carbocycles. The van der Waals surface area contributed by atoms with Crippen LogP contribution in [0.1, 0.15) is 17.7 Å². The molecule has 0 amide bonds. The van der Waals surface area contributed by atoms with Gasteiger partial charge in [0.2, 0.25) is 0 Å². The average molecular weight is 603 g/mol. The predicted molar refractivity (Wildman–Crippen MR) is 144 cm³/mol. The minimum absolute atomic E-state index is 0.245. The lowest BCUT2D eigenvalue weighted by Crippen LogP contribution is -2.37. The average Bonchev–Trinajstić information content (AvgIpc) is 3.64. The van der Waals surface area contributed by atoms with E-state index >= 15 is 0 Å². The highest BCUT2D eigenvalue weighted by atomic mass is 32.2.